The van der Waals surface area contributed by atoms with Crippen molar-refractivity contribution in [3.63, 3.8) is 0 Å². The maximum atomic E-state index is 14.3. The predicted octanol–water partition coefficient (Wildman–Crippen LogP) is 10.8. The standard InChI is InChI=1S/C72H131N5O23S/c1-23-49(59(82)83)40-55(65(7,8)43-54(63(90)94-38-35-78)72(21,22)66(9,10)44-53(64(4,5)6)58(81)77-67(11,12)45-101(91,92)93)100-76-47-74-34-26-30-69(15,16)96-37-32-71(19,20)98-57(80)42-52(62(88)89)39-50(60(84)85)27-24-28-51(61(86)87)41-56(79)97-70(17,18)31-36-95-68(13,14)29-25-33-73-46-75-99-48(2)3/h46-55,78H,23-45H2,1-22H3,(H,73,75)(H,74,76)(H,77,81)(H,82,83)(H,84,85)(H,86,87)(H,88,89)(H,91,92,93). The van der Waals surface area contributed by atoms with Crippen molar-refractivity contribution in [3.8, 4) is 0 Å². The summed E-state index contributed by atoms with van der Waals surface area (Å²) in [7, 11) is -4.44. The Bertz CT molecular complexity index is 2770. The van der Waals surface area contributed by atoms with Crippen LogP contribution in [0.4, 0.5) is 0 Å². The second kappa shape index (κ2) is 42.4. The van der Waals surface area contributed by atoms with Crippen molar-refractivity contribution in [2.45, 2.75) is 295 Å². The highest BCUT2D eigenvalue weighted by Crippen LogP contribution is 2.54. The van der Waals surface area contributed by atoms with Gasteiger partial charge >= 0.3 is 41.8 Å². The molecular formula is C72H131N5O23S. The summed E-state index contributed by atoms with van der Waals surface area (Å²) in [5, 5.41) is 52.9. The van der Waals surface area contributed by atoms with Gasteiger partial charge < -0.3 is 54.5 Å². The van der Waals surface area contributed by atoms with Crippen molar-refractivity contribution in [1.29, 1.82) is 0 Å². The Balaban J connectivity index is 5.80. The van der Waals surface area contributed by atoms with E-state index in [9.17, 15) is 76.9 Å². The van der Waals surface area contributed by atoms with Crippen LogP contribution in [0.1, 0.15) is 255 Å². The fourth-order valence-electron chi connectivity index (χ4n) is 11.8. The number of nitrogens with one attached hydrogen (secondary N) is 3. The van der Waals surface area contributed by atoms with Crippen LogP contribution in [0, 0.1) is 57.2 Å². The zero-order valence-corrected chi connectivity index (χ0v) is 65.8. The monoisotopic (exact) mass is 1470 g/mol. The number of aliphatic imine (C=N–C) groups is 2. The highest BCUT2D eigenvalue weighted by atomic mass is 32.2. The molecule has 101 heavy (non-hydrogen) atoms. The van der Waals surface area contributed by atoms with Crippen LogP contribution in [-0.2, 0) is 81.8 Å². The molecule has 28 nitrogen and oxygen atoms in total. The lowest BCUT2D eigenvalue weighted by molar-refractivity contribution is -0.165. The number of hydroxylamine groups is 2. The van der Waals surface area contributed by atoms with Crippen LogP contribution in [0.5, 0.6) is 0 Å². The summed E-state index contributed by atoms with van der Waals surface area (Å²) in [4.78, 5) is 124. The number of hydrogen-bond donors (Lipinski definition) is 9. The van der Waals surface area contributed by atoms with Gasteiger partial charge in [-0.05, 0) is 175 Å². The summed E-state index contributed by atoms with van der Waals surface area (Å²) in [5.74, 6) is -14.8. The van der Waals surface area contributed by atoms with E-state index in [2.05, 4.69) is 26.3 Å². The molecular weight excluding hydrogens is 1330 g/mol. The van der Waals surface area contributed by atoms with Gasteiger partial charge in [0.1, 0.15) is 30.5 Å². The summed E-state index contributed by atoms with van der Waals surface area (Å²) < 4.78 is 62.6. The van der Waals surface area contributed by atoms with E-state index in [0.717, 1.165) is 6.42 Å². The van der Waals surface area contributed by atoms with Gasteiger partial charge in [-0.1, -0.05) is 75.7 Å². The quantitative estimate of drug-likeness (QED) is 0.00519. The number of carboxylic acid groups (broad SMARTS) is 4. The van der Waals surface area contributed by atoms with Crippen molar-refractivity contribution >= 4 is 70.5 Å². The average molecular weight is 1470 g/mol. The summed E-state index contributed by atoms with van der Waals surface area (Å²) in [6.45, 7) is 40.4. The number of carbonyl (C=O) groups excluding carboxylic acids is 4. The molecule has 0 fully saturated rings. The van der Waals surface area contributed by atoms with Gasteiger partial charge in [-0.15, -0.1) is 0 Å². The number of aliphatic hydroxyl groups excluding tert-OH is 1. The second-order valence-electron chi connectivity index (χ2n) is 33.3. The molecule has 0 aromatic carbocycles. The Kier molecular flexibility index (Phi) is 40.0. The van der Waals surface area contributed by atoms with Gasteiger partial charge in [0.25, 0.3) is 10.1 Å². The zero-order chi connectivity index (χ0) is 78.4. The Morgan fingerprint density at radius 3 is 1.40 bits per heavy atom. The van der Waals surface area contributed by atoms with E-state index in [1.165, 1.54) is 26.5 Å². The van der Waals surface area contributed by atoms with Crippen LogP contribution in [-0.4, -0.2) is 184 Å². The summed E-state index contributed by atoms with van der Waals surface area (Å²) >= 11 is 0. The van der Waals surface area contributed by atoms with Gasteiger partial charge in [-0.25, -0.2) is 0 Å². The van der Waals surface area contributed by atoms with Crippen LogP contribution < -0.4 is 16.3 Å². The number of rotatable bonds is 55. The Morgan fingerprint density at radius 1 is 0.535 bits per heavy atom. The maximum absolute atomic E-state index is 14.3. The molecule has 0 aliphatic carbocycles. The second-order valence-corrected chi connectivity index (χ2v) is 34.7. The molecule has 0 bridgehead atoms. The Labute approximate surface area is 602 Å². The van der Waals surface area contributed by atoms with Crippen molar-refractivity contribution in [2.75, 3.05) is 45.3 Å². The third-order valence-electron chi connectivity index (χ3n) is 18.9. The van der Waals surface area contributed by atoms with Crippen molar-refractivity contribution < 1.29 is 110 Å². The summed E-state index contributed by atoms with van der Waals surface area (Å²) in [6.07, 6.45) is 4.04. The van der Waals surface area contributed by atoms with Crippen molar-refractivity contribution in [3.05, 3.63) is 0 Å². The minimum atomic E-state index is -4.44. The third-order valence-corrected chi connectivity index (χ3v) is 20.0. The molecule has 588 valence electrons. The number of aliphatic carboxylic acids is 4. The smallest absolute Gasteiger partial charge is 0.309 e. The maximum Gasteiger partial charge on any atom is 0.309 e. The van der Waals surface area contributed by atoms with Crippen molar-refractivity contribution in [2.24, 2.45) is 67.2 Å². The number of hydrogen-bond acceptors (Lipinski definition) is 20. The largest absolute Gasteiger partial charge is 0.481 e. The highest BCUT2D eigenvalue weighted by Gasteiger charge is 2.53. The molecule has 0 radical (unpaired) electrons. The molecule has 0 spiro atoms. The molecule has 9 N–H and O–H groups in total. The van der Waals surface area contributed by atoms with Crippen LogP contribution in [0.15, 0.2) is 9.98 Å². The lowest BCUT2D eigenvalue weighted by Gasteiger charge is -2.51. The van der Waals surface area contributed by atoms with Gasteiger partial charge in [0.05, 0.1) is 97.0 Å². The van der Waals surface area contributed by atoms with Gasteiger partial charge in [0, 0.05) is 31.8 Å². The van der Waals surface area contributed by atoms with E-state index in [-0.39, 0.29) is 77.3 Å². The molecule has 0 aromatic rings. The topological polar surface area (TPSA) is 417 Å². The molecule has 1 amide bonds. The first kappa shape index (κ1) is 95.4. The number of esters is 3. The first-order valence-corrected chi connectivity index (χ1v) is 37.0. The van der Waals surface area contributed by atoms with Gasteiger partial charge in [-0.3, -0.25) is 73.5 Å². The Morgan fingerprint density at radius 2 is 0.980 bits per heavy atom. The molecule has 0 saturated carbocycles. The molecule has 0 rings (SSSR count). The van der Waals surface area contributed by atoms with E-state index in [0.29, 0.717) is 38.8 Å². The predicted molar refractivity (Wildman–Crippen MR) is 383 cm³/mol. The van der Waals surface area contributed by atoms with E-state index >= 15 is 0 Å². The molecule has 0 aromatic heterocycles. The van der Waals surface area contributed by atoms with Crippen LogP contribution in [0.25, 0.3) is 0 Å². The fraction of sp³-hybridized carbons (Fsp3) is 0.861. The molecule has 0 aliphatic rings. The SMILES string of the molecule is CCC(CC(ONC=NCCCC(C)(C)OCCC(C)(C)OC(=O)CC(CC(CCCC(CC(=O)OC(C)(C)CCOC(C)(C)CCCN=CNOC(C)C)C(=O)O)C(=O)O)C(=O)O)C(C)(C)CC(C(=O)OCCO)C(C)(C)C(C)(C)CC(C(=O)NC(C)(C)CS(=O)(=O)O)C(C)(C)C)C(=O)O. The number of amides is 1. The molecule has 7 unspecified atom stereocenters. The summed E-state index contributed by atoms with van der Waals surface area (Å²) in [6, 6.07) is 0. The van der Waals surface area contributed by atoms with E-state index in [1.807, 2.05) is 104 Å². The van der Waals surface area contributed by atoms with Gasteiger partial charge in [-0.2, -0.15) is 8.42 Å². The zero-order valence-electron chi connectivity index (χ0n) is 65.0. The first-order chi connectivity index (χ1) is 46.0. The normalized spacial score (nSPS) is 15.5. The molecule has 7 atom stereocenters. The molecule has 0 saturated heterocycles. The molecule has 29 heteroatoms. The van der Waals surface area contributed by atoms with E-state index in [1.54, 1.807) is 34.6 Å². The van der Waals surface area contributed by atoms with E-state index < -0.39 is 181 Å². The average Bonchev–Trinajstić information content (AvgIpc) is 0.761. The number of aliphatic hydroxyl groups is 1. The Hall–Kier alpha value is -5.59. The lowest BCUT2D eigenvalue weighted by atomic mass is 9.54. The summed E-state index contributed by atoms with van der Waals surface area (Å²) in [5.41, 5.74) is -2.55. The van der Waals surface area contributed by atoms with Crippen LogP contribution in [0.2, 0.25) is 0 Å². The fourth-order valence-corrected chi connectivity index (χ4v) is 12.7. The number of nitrogens with zero attached hydrogens (tertiary/aromatic N) is 2. The third kappa shape index (κ3) is 39.8. The lowest BCUT2D eigenvalue weighted by Crippen LogP contribution is -2.54. The minimum absolute atomic E-state index is 0.0149. The number of ether oxygens (including phenoxy) is 5. The van der Waals surface area contributed by atoms with Crippen molar-refractivity contribution in [1.82, 2.24) is 16.3 Å². The first-order valence-electron chi connectivity index (χ1n) is 35.4. The highest BCUT2D eigenvalue weighted by molar-refractivity contribution is 7.85. The van der Waals surface area contributed by atoms with Gasteiger partial charge in [0.2, 0.25) is 5.91 Å². The molecule has 0 heterocycles. The minimum Gasteiger partial charge on any atom is -0.481 e. The van der Waals surface area contributed by atoms with Gasteiger partial charge in [0.15, 0.2) is 0 Å². The number of carbonyl (C=O) groups is 8. The molecule has 0 aliphatic heterocycles. The van der Waals surface area contributed by atoms with Crippen LogP contribution >= 0.6 is 0 Å². The van der Waals surface area contributed by atoms with E-state index in [4.69, 9.17) is 33.4 Å². The van der Waals surface area contributed by atoms with Crippen LogP contribution in [0.3, 0.4) is 0 Å². The number of carboxylic acids is 4.